The molecule has 2 aromatic rings. The molecule has 1 heterocycles. The summed E-state index contributed by atoms with van der Waals surface area (Å²) in [4.78, 5) is 24.4. The average molecular weight is 319 g/mol. The summed E-state index contributed by atoms with van der Waals surface area (Å²) >= 11 is 1.40. The number of carboxylic acid groups (broad SMARTS) is 1. The molecule has 0 aliphatic rings. The van der Waals surface area contributed by atoms with Crippen molar-refractivity contribution in [2.24, 2.45) is 0 Å². The number of hydrogen-bond donors (Lipinski definition) is 1. The minimum atomic E-state index is -1.09. The van der Waals surface area contributed by atoms with E-state index in [1.54, 1.807) is 18.0 Å². The molecule has 0 bridgehead atoms. The number of carbonyl (C=O) groups excluding carboxylic acids is 1. The van der Waals surface area contributed by atoms with Gasteiger partial charge in [-0.2, -0.15) is 0 Å². The summed E-state index contributed by atoms with van der Waals surface area (Å²) < 4.78 is 5.14. The zero-order valence-corrected chi connectivity index (χ0v) is 13.0. The number of nitrogens with zero attached hydrogens (tertiary/aromatic N) is 1. The lowest BCUT2D eigenvalue weighted by molar-refractivity contribution is -0.127. The third kappa shape index (κ3) is 4.66. The first-order valence-corrected chi connectivity index (χ1v) is 7.89. The lowest BCUT2D eigenvalue weighted by Gasteiger charge is -2.16. The van der Waals surface area contributed by atoms with Crippen LogP contribution in [0, 0.1) is 0 Å². The van der Waals surface area contributed by atoms with Gasteiger partial charge in [0.25, 0.3) is 0 Å². The fourth-order valence-electron chi connectivity index (χ4n) is 1.87. The van der Waals surface area contributed by atoms with Crippen LogP contribution in [0.2, 0.25) is 0 Å². The molecule has 5 nitrogen and oxygen atoms in total. The molecule has 0 fully saturated rings. The third-order valence-electron chi connectivity index (χ3n) is 3.03. The van der Waals surface area contributed by atoms with Crippen molar-refractivity contribution in [1.82, 2.24) is 4.90 Å². The van der Waals surface area contributed by atoms with E-state index in [-0.39, 0.29) is 11.7 Å². The monoisotopic (exact) mass is 319 g/mol. The van der Waals surface area contributed by atoms with Crippen molar-refractivity contribution in [2.75, 3.05) is 12.8 Å². The number of hydrogen-bond acceptors (Lipinski definition) is 4. The standard InChI is InChI=1S/C16H17NO4S/c1-17(9-12-5-3-2-4-6-12)15(18)11-22-10-13-7-8-14(21-13)16(19)20/h2-8H,9-11H2,1H3,(H,19,20). The highest BCUT2D eigenvalue weighted by atomic mass is 32.2. The van der Waals surface area contributed by atoms with Gasteiger partial charge in [0.2, 0.25) is 11.7 Å². The van der Waals surface area contributed by atoms with Crippen molar-refractivity contribution in [3.05, 3.63) is 59.5 Å². The Balaban J connectivity index is 1.76. The van der Waals surface area contributed by atoms with Gasteiger partial charge in [0.15, 0.2) is 0 Å². The first kappa shape index (κ1) is 16.2. The normalized spacial score (nSPS) is 10.4. The van der Waals surface area contributed by atoms with Crippen LogP contribution in [0.3, 0.4) is 0 Å². The predicted molar refractivity (Wildman–Crippen MR) is 84.7 cm³/mol. The fourth-order valence-corrected chi connectivity index (χ4v) is 2.72. The molecule has 0 aliphatic heterocycles. The molecule has 0 saturated carbocycles. The Morgan fingerprint density at radius 2 is 1.91 bits per heavy atom. The topological polar surface area (TPSA) is 70.8 Å². The van der Waals surface area contributed by atoms with E-state index in [0.29, 0.717) is 23.8 Å². The lowest BCUT2D eigenvalue weighted by atomic mass is 10.2. The molecule has 0 saturated heterocycles. The molecular weight excluding hydrogens is 302 g/mol. The molecule has 2 rings (SSSR count). The van der Waals surface area contributed by atoms with Gasteiger partial charge in [-0.25, -0.2) is 4.79 Å². The van der Waals surface area contributed by atoms with Crippen LogP contribution in [0.5, 0.6) is 0 Å². The lowest BCUT2D eigenvalue weighted by Crippen LogP contribution is -2.27. The summed E-state index contributed by atoms with van der Waals surface area (Å²) in [6.45, 7) is 0.574. The van der Waals surface area contributed by atoms with Crippen molar-refractivity contribution in [3.8, 4) is 0 Å². The second kappa shape index (κ2) is 7.70. The van der Waals surface area contributed by atoms with Gasteiger partial charge in [0, 0.05) is 13.6 Å². The van der Waals surface area contributed by atoms with E-state index < -0.39 is 5.97 Å². The second-order valence-corrected chi connectivity index (χ2v) is 5.78. The maximum absolute atomic E-state index is 12.0. The third-order valence-corrected chi connectivity index (χ3v) is 3.97. The largest absolute Gasteiger partial charge is 0.475 e. The van der Waals surface area contributed by atoms with E-state index in [1.807, 2.05) is 30.3 Å². The zero-order valence-electron chi connectivity index (χ0n) is 12.2. The van der Waals surface area contributed by atoms with Crippen LogP contribution in [-0.2, 0) is 17.1 Å². The Hall–Kier alpha value is -2.21. The highest BCUT2D eigenvalue weighted by Crippen LogP contribution is 2.16. The Morgan fingerprint density at radius 1 is 1.18 bits per heavy atom. The van der Waals surface area contributed by atoms with Gasteiger partial charge < -0.3 is 14.4 Å². The summed E-state index contributed by atoms with van der Waals surface area (Å²) in [6.07, 6.45) is 0. The van der Waals surface area contributed by atoms with Crippen molar-refractivity contribution in [1.29, 1.82) is 0 Å². The molecule has 6 heteroatoms. The molecule has 1 aromatic carbocycles. The van der Waals surface area contributed by atoms with E-state index in [9.17, 15) is 9.59 Å². The summed E-state index contributed by atoms with van der Waals surface area (Å²) in [5, 5.41) is 8.76. The fraction of sp³-hybridized carbons (Fsp3) is 0.250. The molecular formula is C16H17NO4S. The SMILES string of the molecule is CN(Cc1ccccc1)C(=O)CSCc1ccc(C(=O)O)o1. The maximum atomic E-state index is 12.0. The van der Waals surface area contributed by atoms with Gasteiger partial charge in [-0.1, -0.05) is 30.3 Å². The van der Waals surface area contributed by atoms with E-state index >= 15 is 0 Å². The van der Waals surface area contributed by atoms with E-state index in [1.165, 1.54) is 17.8 Å². The van der Waals surface area contributed by atoms with E-state index in [2.05, 4.69) is 0 Å². The molecule has 1 N–H and O–H groups in total. The highest BCUT2D eigenvalue weighted by Gasteiger charge is 2.12. The Kier molecular flexibility index (Phi) is 5.66. The molecule has 0 unspecified atom stereocenters. The van der Waals surface area contributed by atoms with Gasteiger partial charge in [-0.05, 0) is 17.7 Å². The van der Waals surface area contributed by atoms with Crippen LogP contribution in [0.1, 0.15) is 21.9 Å². The van der Waals surface area contributed by atoms with Gasteiger partial charge in [0.1, 0.15) is 5.76 Å². The molecule has 116 valence electrons. The van der Waals surface area contributed by atoms with Crippen LogP contribution in [0.15, 0.2) is 46.9 Å². The van der Waals surface area contributed by atoms with Crippen molar-refractivity contribution < 1.29 is 19.1 Å². The number of carboxylic acids is 1. The molecule has 0 aliphatic carbocycles. The van der Waals surface area contributed by atoms with Gasteiger partial charge in [-0.15, -0.1) is 11.8 Å². The smallest absolute Gasteiger partial charge is 0.371 e. The first-order valence-electron chi connectivity index (χ1n) is 6.74. The van der Waals surface area contributed by atoms with E-state index in [4.69, 9.17) is 9.52 Å². The second-order valence-electron chi connectivity index (χ2n) is 4.80. The van der Waals surface area contributed by atoms with Gasteiger partial charge in [-0.3, -0.25) is 4.79 Å². The predicted octanol–water partition coefficient (Wildman–Crippen LogP) is 2.87. The number of aromatic carboxylic acids is 1. The number of rotatable bonds is 7. The Morgan fingerprint density at radius 3 is 2.55 bits per heavy atom. The molecule has 0 radical (unpaired) electrons. The summed E-state index contributed by atoms with van der Waals surface area (Å²) in [5.74, 6) is 0.211. The van der Waals surface area contributed by atoms with Gasteiger partial charge >= 0.3 is 5.97 Å². The molecule has 1 aromatic heterocycles. The van der Waals surface area contributed by atoms with Crippen LogP contribution in [0.4, 0.5) is 0 Å². The maximum Gasteiger partial charge on any atom is 0.371 e. The number of carbonyl (C=O) groups is 2. The summed E-state index contributed by atoms with van der Waals surface area (Å²) in [7, 11) is 1.77. The van der Waals surface area contributed by atoms with Crippen molar-refractivity contribution in [3.63, 3.8) is 0 Å². The molecule has 0 spiro atoms. The number of thioether (sulfide) groups is 1. The Labute approximate surface area is 132 Å². The zero-order chi connectivity index (χ0) is 15.9. The number of furan rings is 1. The van der Waals surface area contributed by atoms with Gasteiger partial charge in [0.05, 0.1) is 11.5 Å². The van der Waals surface area contributed by atoms with Crippen molar-refractivity contribution in [2.45, 2.75) is 12.3 Å². The molecule has 22 heavy (non-hydrogen) atoms. The van der Waals surface area contributed by atoms with Crippen LogP contribution in [-0.4, -0.2) is 34.7 Å². The van der Waals surface area contributed by atoms with Crippen molar-refractivity contribution >= 4 is 23.6 Å². The minimum Gasteiger partial charge on any atom is -0.475 e. The quantitative estimate of drug-likeness (QED) is 0.849. The first-order chi connectivity index (χ1) is 10.6. The van der Waals surface area contributed by atoms with Crippen LogP contribution < -0.4 is 0 Å². The highest BCUT2D eigenvalue weighted by molar-refractivity contribution is 7.99. The summed E-state index contributed by atoms with van der Waals surface area (Å²) in [5.41, 5.74) is 1.08. The summed E-state index contributed by atoms with van der Waals surface area (Å²) in [6, 6.07) is 12.8. The van der Waals surface area contributed by atoms with Crippen LogP contribution >= 0.6 is 11.8 Å². The number of benzene rings is 1. The van der Waals surface area contributed by atoms with E-state index in [0.717, 1.165) is 5.56 Å². The number of amides is 1. The minimum absolute atomic E-state index is 0.0267. The molecule has 0 atom stereocenters. The molecule has 1 amide bonds. The Bertz CT molecular complexity index is 639. The van der Waals surface area contributed by atoms with Crippen LogP contribution in [0.25, 0.3) is 0 Å². The average Bonchev–Trinajstić information content (AvgIpc) is 2.97.